The molecule has 1 rings (SSSR count). The van der Waals surface area contributed by atoms with Gasteiger partial charge >= 0.3 is 11.9 Å². The molecular formula is C17H22O6. The summed E-state index contributed by atoms with van der Waals surface area (Å²) in [6, 6.07) is 5.19. The molecule has 0 spiro atoms. The molecule has 0 radical (unpaired) electrons. The highest BCUT2D eigenvalue weighted by atomic mass is 16.5. The van der Waals surface area contributed by atoms with Gasteiger partial charge in [0.05, 0.1) is 33.9 Å². The summed E-state index contributed by atoms with van der Waals surface area (Å²) < 4.78 is 20.3. The van der Waals surface area contributed by atoms with Crippen LogP contribution in [0, 0.1) is 0 Å². The molecule has 0 aliphatic rings. The Hall–Kier alpha value is -2.50. The summed E-state index contributed by atoms with van der Waals surface area (Å²) in [6.45, 7) is 3.90. The van der Waals surface area contributed by atoms with Crippen LogP contribution >= 0.6 is 0 Å². The third-order valence-electron chi connectivity index (χ3n) is 2.93. The fourth-order valence-electron chi connectivity index (χ4n) is 1.92. The van der Waals surface area contributed by atoms with Crippen LogP contribution in [0.15, 0.2) is 23.8 Å². The van der Waals surface area contributed by atoms with Crippen molar-refractivity contribution in [2.24, 2.45) is 0 Å². The average molecular weight is 322 g/mol. The molecule has 0 unspecified atom stereocenters. The van der Waals surface area contributed by atoms with Crippen molar-refractivity contribution in [3.63, 3.8) is 0 Å². The lowest BCUT2D eigenvalue weighted by Crippen LogP contribution is -2.13. The standard InChI is InChI=1S/C17H22O6/c1-5-22-16(18)11-13(17(19)23-6-2)9-12-7-8-14(20-3)15(10-12)21-4/h7-10H,5-6,11H2,1-4H3/b13-9+. The van der Waals surface area contributed by atoms with Gasteiger partial charge in [-0.15, -0.1) is 0 Å². The lowest BCUT2D eigenvalue weighted by molar-refractivity contribution is -0.145. The molecule has 0 atom stereocenters. The van der Waals surface area contributed by atoms with Gasteiger partial charge in [-0.25, -0.2) is 4.79 Å². The maximum Gasteiger partial charge on any atom is 0.334 e. The molecule has 1 aromatic carbocycles. The van der Waals surface area contributed by atoms with Gasteiger partial charge in [0.25, 0.3) is 0 Å². The first-order chi connectivity index (χ1) is 11.0. The highest BCUT2D eigenvalue weighted by Crippen LogP contribution is 2.28. The van der Waals surface area contributed by atoms with Crippen molar-refractivity contribution in [2.45, 2.75) is 20.3 Å². The van der Waals surface area contributed by atoms with Crippen LogP contribution in [0.3, 0.4) is 0 Å². The monoisotopic (exact) mass is 322 g/mol. The van der Waals surface area contributed by atoms with E-state index >= 15 is 0 Å². The van der Waals surface area contributed by atoms with Gasteiger partial charge in [-0.1, -0.05) is 6.07 Å². The van der Waals surface area contributed by atoms with Crippen LogP contribution in [0.2, 0.25) is 0 Å². The van der Waals surface area contributed by atoms with Gasteiger partial charge in [0.1, 0.15) is 0 Å². The zero-order chi connectivity index (χ0) is 17.2. The van der Waals surface area contributed by atoms with Crippen molar-refractivity contribution in [2.75, 3.05) is 27.4 Å². The molecule has 0 heterocycles. The Morgan fingerprint density at radius 2 is 1.65 bits per heavy atom. The summed E-state index contributed by atoms with van der Waals surface area (Å²) >= 11 is 0. The van der Waals surface area contributed by atoms with E-state index in [0.717, 1.165) is 0 Å². The van der Waals surface area contributed by atoms with Crippen molar-refractivity contribution in [1.82, 2.24) is 0 Å². The maximum absolute atomic E-state index is 12.0. The van der Waals surface area contributed by atoms with E-state index in [0.29, 0.717) is 17.1 Å². The van der Waals surface area contributed by atoms with Gasteiger partial charge in [0.2, 0.25) is 0 Å². The van der Waals surface area contributed by atoms with Crippen molar-refractivity contribution in [1.29, 1.82) is 0 Å². The Morgan fingerprint density at radius 3 is 2.22 bits per heavy atom. The van der Waals surface area contributed by atoms with Crippen molar-refractivity contribution in [3.05, 3.63) is 29.3 Å². The Bertz CT molecular complexity index is 576. The van der Waals surface area contributed by atoms with Gasteiger partial charge in [0, 0.05) is 5.57 Å². The average Bonchev–Trinajstić information content (AvgIpc) is 2.54. The Morgan fingerprint density at radius 1 is 1.00 bits per heavy atom. The number of hydrogen-bond donors (Lipinski definition) is 0. The van der Waals surface area contributed by atoms with Gasteiger partial charge in [-0.2, -0.15) is 0 Å². The van der Waals surface area contributed by atoms with Crippen LogP contribution in [0.5, 0.6) is 11.5 Å². The molecule has 6 nitrogen and oxygen atoms in total. The smallest absolute Gasteiger partial charge is 0.334 e. The second kappa shape index (κ2) is 9.50. The number of esters is 2. The van der Waals surface area contributed by atoms with E-state index in [-0.39, 0.29) is 25.2 Å². The molecule has 1 aromatic rings. The molecule has 0 saturated heterocycles. The lowest BCUT2D eigenvalue weighted by Gasteiger charge is -2.10. The molecule has 0 bridgehead atoms. The molecule has 0 aliphatic carbocycles. The van der Waals surface area contributed by atoms with E-state index < -0.39 is 11.9 Å². The van der Waals surface area contributed by atoms with E-state index in [9.17, 15) is 9.59 Å². The third-order valence-corrected chi connectivity index (χ3v) is 2.93. The van der Waals surface area contributed by atoms with E-state index in [1.165, 1.54) is 14.2 Å². The topological polar surface area (TPSA) is 71.1 Å². The third kappa shape index (κ3) is 5.65. The van der Waals surface area contributed by atoms with Gasteiger partial charge in [0.15, 0.2) is 11.5 Å². The summed E-state index contributed by atoms with van der Waals surface area (Å²) in [4.78, 5) is 23.7. The number of benzene rings is 1. The number of carbonyl (C=O) groups excluding carboxylic acids is 2. The fraction of sp³-hybridized carbons (Fsp3) is 0.412. The predicted molar refractivity (Wildman–Crippen MR) is 85.4 cm³/mol. The summed E-state index contributed by atoms with van der Waals surface area (Å²) in [5.74, 6) is 0.0796. The summed E-state index contributed by atoms with van der Waals surface area (Å²) in [5.41, 5.74) is 0.910. The highest BCUT2D eigenvalue weighted by Gasteiger charge is 2.16. The molecular weight excluding hydrogens is 300 g/mol. The lowest BCUT2D eigenvalue weighted by atomic mass is 10.1. The van der Waals surface area contributed by atoms with Crippen LogP contribution in [-0.2, 0) is 19.1 Å². The zero-order valence-electron chi connectivity index (χ0n) is 13.9. The Labute approximate surface area is 136 Å². The van der Waals surface area contributed by atoms with Crippen LogP contribution in [0.1, 0.15) is 25.8 Å². The highest BCUT2D eigenvalue weighted by molar-refractivity contribution is 5.98. The second-order valence-corrected chi connectivity index (χ2v) is 4.49. The van der Waals surface area contributed by atoms with Crippen LogP contribution in [0.4, 0.5) is 0 Å². The first kappa shape index (κ1) is 18.5. The van der Waals surface area contributed by atoms with Crippen LogP contribution < -0.4 is 9.47 Å². The number of ether oxygens (including phenoxy) is 4. The maximum atomic E-state index is 12.0. The molecule has 23 heavy (non-hydrogen) atoms. The van der Waals surface area contributed by atoms with Crippen LogP contribution in [0.25, 0.3) is 6.08 Å². The van der Waals surface area contributed by atoms with E-state index in [2.05, 4.69) is 0 Å². The fourth-order valence-corrected chi connectivity index (χ4v) is 1.92. The molecule has 126 valence electrons. The molecule has 0 saturated carbocycles. The number of rotatable bonds is 8. The zero-order valence-corrected chi connectivity index (χ0v) is 13.9. The van der Waals surface area contributed by atoms with Crippen molar-refractivity contribution >= 4 is 18.0 Å². The molecule has 0 aliphatic heterocycles. The minimum Gasteiger partial charge on any atom is -0.493 e. The molecule has 6 heteroatoms. The largest absolute Gasteiger partial charge is 0.493 e. The number of methoxy groups -OCH3 is 2. The van der Waals surface area contributed by atoms with E-state index in [1.54, 1.807) is 38.1 Å². The SMILES string of the molecule is CCOC(=O)C/C(=C\c1ccc(OC)c(OC)c1)C(=O)OCC. The Kier molecular flexibility index (Phi) is 7.66. The summed E-state index contributed by atoms with van der Waals surface area (Å²) in [7, 11) is 3.06. The second-order valence-electron chi connectivity index (χ2n) is 4.49. The number of carbonyl (C=O) groups is 2. The first-order valence-electron chi connectivity index (χ1n) is 7.31. The summed E-state index contributed by atoms with van der Waals surface area (Å²) in [6.07, 6.45) is 1.43. The van der Waals surface area contributed by atoms with Crippen LogP contribution in [-0.4, -0.2) is 39.4 Å². The first-order valence-corrected chi connectivity index (χ1v) is 7.31. The van der Waals surface area contributed by atoms with Gasteiger partial charge in [-0.3, -0.25) is 4.79 Å². The summed E-state index contributed by atoms with van der Waals surface area (Å²) in [5, 5.41) is 0. The van der Waals surface area contributed by atoms with Crippen molar-refractivity contribution < 1.29 is 28.5 Å². The minimum absolute atomic E-state index is 0.152. The van der Waals surface area contributed by atoms with E-state index in [4.69, 9.17) is 18.9 Å². The Balaban J connectivity index is 3.11. The van der Waals surface area contributed by atoms with Crippen molar-refractivity contribution in [3.8, 4) is 11.5 Å². The molecule has 0 amide bonds. The van der Waals surface area contributed by atoms with E-state index in [1.807, 2.05) is 0 Å². The van der Waals surface area contributed by atoms with Gasteiger partial charge < -0.3 is 18.9 Å². The molecule has 0 aromatic heterocycles. The molecule has 0 fully saturated rings. The normalized spacial score (nSPS) is 10.9. The van der Waals surface area contributed by atoms with Gasteiger partial charge in [-0.05, 0) is 37.6 Å². The minimum atomic E-state index is -0.546. The molecule has 0 N–H and O–H groups in total. The predicted octanol–water partition coefficient (Wildman–Crippen LogP) is 2.60. The quantitative estimate of drug-likeness (QED) is 0.541. The number of hydrogen-bond acceptors (Lipinski definition) is 6.